The maximum atomic E-state index is 12.7. The van der Waals surface area contributed by atoms with E-state index < -0.39 is 0 Å². The Morgan fingerprint density at radius 2 is 1.58 bits per heavy atom. The third kappa shape index (κ3) is 6.99. The third-order valence-corrected chi connectivity index (χ3v) is 5.14. The van der Waals surface area contributed by atoms with E-state index in [0.29, 0.717) is 49.8 Å². The number of hydrogen-bond donors (Lipinski definition) is 1. The van der Waals surface area contributed by atoms with Gasteiger partial charge in [-0.25, -0.2) is 0 Å². The van der Waals surface area contributed by atoms with E-state index in [0.717, 1.165) is 22.4 Å². The molecule has 33 heavy (non-hydrogen) atoms. The van der Waals surface area contributed by atoms with E-state index in [-0.39, 0.29) is 5.91 Å². The summed E-state index contributed by atoms with van der Waals surface area (Å²) in [5.41, 5.74) is 3.57. The minimum absolute atomic E-state index is 0.136. The Kier molecular flexibility index (Phi) is 9.15. The summed E-state index contributed by atoms with van der Waals surface area (Å²) in [6, 6.07) is 21.2. The molecule has 0 heterocycles. The van der Waals surface area contributed by atoms with Gasteiger partial charge < -0.3 is 24.3 Å². The molecular formula is C27H31NO5. The Labute approximate surface area is 195 Å². The van der Waals surface area contributed by atoms with Crippen molar-refractivity contribution in [2.75, 3.05) is 27.4 Å². The predicted octanol–water partition coefficient (Wildman–Crippen LogP) is 4.79. The average molecular weight is 450 g/mol. The number of hydrogen-bond acceptors (Lipinski definition) is 5. The zero-order chi connectivity index (χ0) is 23.5. The van der Waals surface area contributed by atoms with Gasteiger partial charge in [0.1, 0.15) is 5.75 Å². The molecule has 6 heteroatoms. The zero-order valence-corrected chi connectivity index (χ0v) is 19.4. The first-order valence-corrected chi connectivity index (χ1v) is 11.0. The fourth-order valence-electron chi connectivity index (χ4n) is 3.44. The topological polar surface area (TPSA) is 66.0 Å². The van der Waals surface area contributed by atoms with Crippen LogP contribution in [0.4, 0.5) is 0 Å². The fourth-order valence-corrected chi connectivity index (χ4v) is 3.44. The number of rotatable bonds is 12. The summed E-state index contributed by atoms with van der Waals surface area (Å²) in [5, 5.41) is 2.98. The van der Waals surface area contributed by atoms with E-state index in [1.807, 2.05) is 67.6 Å². The van der Waals surface area contributed by atoms with E-state index in [1.165, 1.54) is 0 Å². The molecule has 3 rings (SSSR count). The van der Waals surface area contributed by atoms with E-state index >= 15 is 0 Å². The molecule has 0 saturated heterocycles. The normalized spacial score (nSPS) is 10.5. The quantitative estimate of drug-likeness (QED) is 0.431. The second-order valence-corrected chi connectivity index (χ2v) is 7.43. The smallest absolute Gasteiger partial charge is 0.251 e. The standard InChI is InChI=1S/C27H31NO5/c1-4-33-24-13-11-22(17-23(24)19-32-18-21-8-6-5-7-9-21)27(29)28-15-14-20-10-12-25(30-2)26(16-20)31-3/h5-13,16-17H,4,14-15,18-19H2,1-3H3,(H,28,29). The molecule has 0 aromatic heterocycles. The fraction of sp³-hybridized carbons (Fsp3) is 0.296. The first-order valence-electron chi connectivity index (χ1n) is 11.0. The van der Waals surface area contributed by atoms with Gasteiger partial charge in [-0.15, -0.1) is 0 Å². The molecular weight excluding hydrogens is 418 g/mol. The van der Waals surface area contributed by atoms with Gasteiger partial charge in [-0.05, 0) is 54.8 Å². The van der Waals surface area contributed by atoms with E-state index in [4.69, 9.17) is 18.9 Å². The maximum absolute atomic E-state index is 12.7. The lowest BCUT2D eigenvalue weighted by Crippen LogP contribution is -2.25. The predicted molar refractivity (Wildman–Crippen MR) is 128 cm³/mol. The monoisotopic (exact) mass is 449 g/mol. The van der Waals surface area contributed by atoms with E-state index in [1.54, 1.807) is 20.3 Å². The molecule has 0 bridgehead atoms. The van der Waals surface area contributed by atoms with Crippen LogP contribution in [0.25, 0.3) is 0 Å². The SMILES string of the molecule is CCOc1ccc(C(=O)NCCc2ccc(OC)c(OC)c2)cc1COCc1ccccc1. The number of amides is 1. The molecule has 0 spiro atoms. The van der Waals surface area contributed by atoms with Crippen LogP contribution in [0, 0.1) is 0 Å². The summed E-state index contributed by atoms with van der Waals surface area (Å²) in [4.78, 5) is 12.7. The molecule has 0 radical (unpaired) electrons. The number of benzene rings is 3. The molecule has 174 valence electrons. The molecule has 0 fully saturated rings. The van der Waals surface area contributed by atoms with Crippen molar-refractivity contribution in [1.82, 2.24) is 5.32 Å². The van der Waals surface area contributed by atoms with Crippen LogP contribution in [0.15, 0.2) is 66.7 Å². The highest BCUT2D eigenvalue weighted by molar-refractivity contribution is 5.94. The van der Waals surface area contributed by atoms with Crippen LogP contribution >= 0.6 is 0 Å². The molecule has 3 aromatic rings. The minimum Gasteiger partial charge on any atom is -0.494 e. The van der Waals surface area contributed by atoms with Gasteiger partial charge in [0.2, 0.25) is 0 Å². The van der Waals surface area contributed by atoms with Crippen molar-refractivity contribution in [3.8, 4) is 17.2 Å². The average Bonchev–Trinajstić information content (AvgIpc) is 2.85. The second-order valence-electron chi connectivity index (χ2n) is 7.43. The number of methoxy groups -OCH3 is 2. The molecule has 1 amide bonds. The van der Waals surface area contributed by atoms with Crippen molar-refractivity contribution in [1.29, 1.82) is 0 Å². The first kappa shape index (κ1) is 24.1. The highest BCUT2D eigenvalue weighted by Gasteiger charge is 2.12. The van der Waals surface area contributed by atoms with Gasteiger partial charge in [0.05, 0.1) is 34.0 Å². The van der Waals surface area contributed by atoms with Gasteiger partial charge in [-0.3, -0.25) is 4.79 Å². The number of nitrogens with one attached hydrogen (secondary N) is 1. The summed E-state index contributed by atoms with van der Waals surface area (Å²) < 4.78 is 22.2. The minimum atomic E-state index is -0.136. The van der Waals surface area contributed by atoms with Crippen LogP contribution in [0.2, 0.25) is 0 Å². The zero-order valence-electron chi connectivity index (χ0n) is 19.4. The summed E-state index contributed by atoms with van der Waals surface area (Å²) >= 11 is 0. The van der Waals surface area contributed by atoms with Crippen LogP contribution in [-0.4, -0.2) is 33.3 Å². The number of ether oxygens (including phenoxy) is 4. The summed E-state index contributed by atoms with van der Waals surface area (Å²) in [6.45, 7) is 3.83. The second kappa shape index (κ2) is 12.5. The molecule has 0 aliphatic heterocycles. The molecule has 0 saturated carbocycles. The van der Waals surface area contributed by atoms with Gasteiger partial charge in [0.15, 0.2) is 11.5 Å². The molecule has 0 aliphatic rings. The van der Waals surface area contributed by atoms with Gasteiger partial charge in [0.25, 0.3) is 5.91 Å². The largest absolute Gasteiger partial charge is 0.494 e. The molecule has 3 aromatic carbocycles. The van der Waals surface area contributed by atoms with E-state index in [2.05, 4.69) is 5.32 Å². The van der Waals surface area contributed by atoms with Crippen molar-refractivity contribution in [3.05, 3.63) is 89.0 Å². The van der Waals surface area contributed by atoms with Crippen LogP contribution < -0.4 is 19.5 Å². The molecule has 0 aliphatic carbocycles. The van der Waals surface area contributed by atoms with Crippen molar-refractivity contribution in [2.24, 2.45) is 0 Å². The van der Waals surface area contributed by atoms with Crippen LogP contribution in [0.3, 0.4) is 0 Å². The molecule has 6 nitrogen and oxygen atoms in total. The van der Waals surface area contributed by atoms with Crippen molar-refractivity contribution >= 4 is 5.91 Å². The number of carbonyl (C=O) groups is 1. The van der Waals surface area contributed by atoms with Crippen molar-refractivity contribution in [3.63, 3.8) is 0 Å². The van der Waals surface area contributed by atoms with Crippen LogP contribution in [0.1, 0.15) is 34.0 Å². The molecule has 0 unspecified atom stereocenters. The Morgan fingerprint density at radius 3 is 2.30 bits per heavy atom. The summed E-state index contributed by atoms with van der Waals surface area (Å²) in [5.74, 6) is 1.95. The Morgan fingerprint density at radius 1 is 0.818 bits per heavy atom. The van der Waals surface area contributed by atoms with E-state index in [9.17, 15) is 4.79 Å². The van der Waals surface area contributed by atoms with Crippen LogP contribution in [-0.2, 0) is 24.4 Å². The lowest BCUT2D eigenvalue weighted by molar-refractivity contribution is 0.0951. The summed E-state index contributed by atoms with van der Waals surface area (Å²) in [7, 11) is 3.21. The van der Waals surface area contributed by atoms with Gasteiger partial charge in [-0.1, -0.05) is 36.4 Å². The Hall–Kier alpha value is -3.51. The highest BCUT2D eigenvalue weighted by atomic mass is 16.5. The maximum Gasteiger partial charge on any atom is 0.251 e. The lowest BCUT2D eigenvalue weighted by atomic mass is 10.1. The Bertz CT molecular complexity index is 1040. The molecule has 1 N–H and O–H groups in total. The summed E-state index contributed by atoms with van der Waals surface area (Å²) in [6.07, 6.45) is 0.677. The van der Waals surface area contributed by atoms with Gasteiger partial charge in [0, 0.05) is 17.7 Å². The molecule has 0 atom stereocenters. The lowest BCUT2D eigenvalue weighted by Gasteiger charge is -2.13. The van der Waals surface area contributed by atoms with Gasteiger partial charge >= 0.3 is 0 Å². The third-order valence-electron chi connectivity index (χ3n) is 5.14. The first-order chi connectivity index (χ1) is 16.1. The Balaban J connectivity index is 1.59. The van der Waals surface area contributed by atoms with Crippen molar-refractivity contribution in [2.45, 2.75) is 26.6 Å². The highest BCUT2D eigenvalue weighted by Crippen LogP contribution is 2.27. The number of carbonyl (C=O) groups excluding carboxylic acids is 1. The van der Waals surface area contributed by atoms with Gasteiger partial charge in [-0.2, -0.15) is 0 Å². The van der Waals surface area contributed by atoms with Crippen molar-refractivity contribution < 1.29 is 23.7 Å². The van der Waals surface area contributed by atoms with Crippen LogP contribution in [0.5, 0.6) is 17.2 Å².